The van der Waals surface area contributed by atoms with Crippen LogP contribution in [0.5, 0.6) is 5.75 Å². The van der Waals surface area contributed by atoms with Gasteiger partial charge in [0.25, 0.3) is 5.91 Å². The molecule has 3 N–H and O–H groups in total. The lowest BCUT2D eigenvalue weighted by Crippen LogP contribution is -2.34. The zero-order valence-corrected chi connectivity index (χ0v) is 12.0. The highest BCUT2D eigenvalue weighted by Gasteiger charge is 2.17. The van der Waals surface area contributed by atoms with E-state index in [1.54, 1.807) is 24.3 Å². The number of nitrogens with zero attached hydrogens (tertiary/aromatic N) is 1. The number of ether oxygens (including phenoxy) is 1. The molecule has 0 aromatic heterocycles. The van der Waals surface area contributed by atoms with Crippen molar-refractivity contribution in [2.24, 2.45) is 5.84 Å². The fraction of sp³-hybridized carbons (Fsp3) is 0.467. The number of hydrogen-bond acceptors (Lipinski definition) is 4. The maximum absolute atomic E-state index is 11.9. The Labute approximate surface area is 124 Å². The summed E-state index contributed by atoms with van der Waals surface area (Å²) in [6.07, 6.45) is 3.72. The molecule has 21 heavy (non-hydrogen) atoms. The average molecular weight is 291 g/mol. The minimum Gasteiger partial charge on any atom is -0.491 e. The molecule has 1 heterocycles. The normalized spacial score (nSPS) is 15.5. The molecule has 1 aliphatic rings. The highest BCUT2D eigenvalue weighted by Crippen LogP contribution is 2.18. The van der Waals surface area contributed by atoms with Gasteiger partial charge in [-0.2, -0.15) is 0 Å². The predicted octanol–water partition coefficient (Wildman–Crippen LogP) is 1.07. The van der Waals surface area contributed by atoms with E-state index < -0.39 is 5.91 Å². The molecule has 1 aromatic carbocycles. The van der Waals surface area contributed by atoms with Crippen LogP contribution in [0.15, 0.2) is 24.3 Å². The zero-order valence-electron chi connectivity index (χ0n) is 12.0. The number of nitrogen functional groups attached to an aromatic ring is 1. The maximum atomic E-state index is 11.9. The molecule has 114 valence electrons. The predicted molar refractivity (Wildman–Crippen MR) is 78.6 cm³/mol. The van der Waals surface area contributed by atoms with E-state index in [1.807, 2.05) is 4.90 Å². The van der Waals surface area contributed by atoms with Gasteiger partial charge in [-0.3, -0.25) is 15.0 Å². The Morgan fingerprint density at radius 1 is 1.29 bits per heavy atom. The van der Waals surface area contributed by atoms with Gasteiger partial charge in [-0.1, -0.05) is 18.6 Å². The Balaban J connectivity index is 1.91. The Morgan fingerprint density at radius 2 is 2.10 bits per heavy atom. The highest BCUT2D eigenvalue weighted by atomic mass is 16.5. The quantitative estimate of drug-likeness (QED) is 0.483. The standard InChI is InChI=1S/C15H21N3O3/c16-17-15(20)12-6-3-4-7-13(12)21-11-10-18-9-5-1-2-8-14(18)19/h3-4,6-7H,1-2,5,8-11,16H2,(H,17,20). The molecular formula is C15H21N3O3. The topological polar surface area (TPSA) is 84.7 Å². The van der Waals surface area contributed by atoms with Crippen LogP contribution in [0, 0.1) is 0 Å². The van der Waals surface area contributed by atoms with E-state index in [1.165, 1.54) is 0 Å². The maximum Gasteiger partial charge on any atom is 0.268 e. The van der Waals surface area contributed by atoms with Crippen LogP contribution in [0.2, 0.25) is 0 Å². The number of carbonyl (C=O) groups excluding carboxylic acids is 2. The summed E-state index contributed by atoms with van der Waals surface area (Å²) in [5, 5.41) is 0. The van der Waals surface area contributed by atoms with Crippen LogP contribution in [0.25, 0.3) is 0 Å². The van der Waals surface area contributed by atoms with Crippen molar-refractivity contribution >= 4 is 11.8 Å². The molecule has 0 spiro atoms. The lowest BCUT2D eigenvalue weighted by Gasteiger charge is -2.20. The Morgan fingerprint density at radius 3 is 2.90 bits per heavy atom. The summed E-state index contributed by atoms with van der Waals surface area (Å²) in [6, 6.07) is 6.90. The molecule has 1 saturated heterocycles. The highest BCUT2D eigenvalue weighted by molar-refractivity contribution is 5.96. The minimum atomic E-state index is -0.392. The number of para-hydroxylation sites is 1. The van der Waals surface area contributed by atoms with Gasteiger partial charge in [0.1, 0.15) is 12.4 Å². The number of hydrazine groups is 1. The fourth-order valence-electron chi connectivity index (χ4n) is 2.40. The van der Waals surface area contributed by atoms with E-state index in [0.29, 0.717) is 30.9 Å². The molecule has 1 fully saturated rings. The molecule has 1 aliphatic heterocycles. The molecule has 6 nitrogen and oxygen atoms in total. The van der Waals surface area contributed by atoms with Crippen LogP contribution < -0.4 is 16.0 Å². The van der Waals surface area contributed by atoms with Crippen LogP contribution in [-0.2, 0) is 4.79 Å². The lowest BCUT2D eigenvalue weighted by atomic mass is 10.2. The van der Waals surface area contributed by atoms with Crippen molar-refractivity contribution in [3.8, 4) is 5.75 Å². The number of amides is 2. The van der Waals surface area contributed by atoms with Crippen LogP contribution in [0.1, 0.15) is 36.0 Å². The lowest BCUT2D eigenvalue weighted by molar-refractivity contribution is -0.131. The van der Waals surface area contributed by atoms with Gasteiger partial charge in [0.2, 0.25) is 5.91 Å². The van der Waals surface area contributed by atoms with Gasteiger partial charge >= 0.3 is 0 Å². The third kappa shape index (κ3) is 4.19. The summed E-state index contributed by atoms with van der Waals surface area (Å²) >= 11 is 0. The second-order valence-electron chi connectivity index (χ2n) is 5.01. The van der Waals surface area contributed by atoms with Crippen LogP contribution in [0.4, 0.5) is 0 Å². The number of nitrogens with two attached hydrogens (primary N) is 1. The third-order valence-corrected chi connectivity index (χ3v) is 3.55. The Hall–Kier alpha value is -2.08. The van der Waals surface area contributed by atoms with Crippen molar-refractivity contribution in [3.05, 3.63) is 29.8 Å². The molecule has 0 aliphatic carbocycles. The average Bonchev–Trinajstić information content (AvgIpc) is 2.72. The minimum absolute atomic E-state index is 0.184. The molecule has 2 rings (SSSR count). The fourth-order valence-corrected chi connectivity index (χ4v) is 2.40. The first kappa shape index (κ1) is 15.3. The summed E-state index contributed by atoms with van der Waals surface area (Å²) in [7, 11) is 0. The van der Waals surface area contributed by atoms with E-state index in [9.17, 15) is 9.59 Å². The van der Waals surface area contributed by atoms with Gasteiger partial charge in [-0.25, -0.2) is 5.84 Å². The Bertz CT molecular complexity index is 505. The molecule has 0 saturated carbocycles. The molecule has 6 heteroatoms. The van der Waals surface area contributed by atoms with Gasteiger partial charge in [-0.15, -0.1) is 0 Å². The number of likely N-dealkylation sites (tertiary alicyclic amines) is 1. The summed E-state index contributed by atoms with van der Waals surface area (Å²) < 4.78 is 5.64. The third-order valence-electron chi connectivity index (χ3n) is 3.55. The summed E-state index contributed by atoms with van der Waals surface area (Å²) in [6.45, 7) is 1.69. The van der Waals surface area contributed by atoms with Gasteiger partial charge < -0.3 is 9.64 Å². The van der Waals surface area contributed by atoms with Gasteiger partial charge in [0, 0.05) is 13.0 Å². The van der Waals surface area contributed by atoms with E-state index in [2.05, 4.69) is 5.43 Å². The van der Waals surface area contributed by atoms with Crippen LogP contribution >= 0.6 is 0 Å². The van der Waals surface area contributed by atoms with Crippen molar-refractivity contribution in [2.75, 3.05) is 19.7 Å². The van der Waals surface area contributed by atoms with Gasteiger partial charge in [0.05, 0.1) is 12.1 Å². The van der Waals surface area contributed by atoms with Crippen LogP contribution in [-0.4, -0.2) is 36.4 Å². The number of carbonyl (C=O) groups is 2. The summed E-state index contributed by atoms with van der Waals surface area (Å²) in [4.78, 5) is 25.3. The van der Waals surface area contributed by atoms with E-state index in [-0.39, 0.29) is 5.91 Å². The largest absolute Gasteiger partial charge is 0.491 e. The Kier molecular flexibility index (Phi) is 5.57. The van der Waals surface area contributed by atoms with E-state index >= 15 is 0 Å². The van der Waals surface area contributed by atoms with Crippen molar-refractivity contribution in [3.63, 3.8) is 0 Å². The van der Waals surface area contributed by atoms with Gasteiger partial charge in [0.15, 0.2) is 0 Å². The second kappa shape index (κ2) is 7.64. The number of nitrogens with one attached hydrogen (secondary N) is 1. The van der Waals surface area contributed by atoms with E-state index in [0.717, 1.165) is 25.8 Å². The van der Waals surface area contributed by atoms with E-state index in [4.69, 9.17) is 10.6 Å². The first-order valence-corrected chi connectivity index (χ1v) is 7.23. The number of benzene rings is 1. The van der Waals surface area contributed by atoms with Crippen LogP contribution in [0.3, 0.4) is 0 Å². The van der Waals surface area contributed by atoms with Gasteiger partial charge in [-0.05, 0) is 25.0 Å². The molecule has 1 aromatic rings. The molecule has 0 atom stereocenters. The summed E-state index contributed by atoms with van der Waals surface area (Å²) in [5.74, 6) is 5.41. The van der Waals surface area contributed by atoms with Crippen molar-refractivity contribution in [2.45, 2.75) is 25.7 Å². The van der Waals surface area contributed by atoms with Crippen molar-refractivity contribution in [1.82, 2.24) is 10.3 Å². The first-order valence-electron chi connectivity index (χ1n) is 7.23. The first-order chi connectivity index (χ1) is 10.2. The molecular weight excluding hydrogens is 270 g/mol. The molecule has 0 unspecified atom stereocenters. The SMILES string of the molecule is NNC(=O)c1ccccc1OCCN1CCCCCC1=O. The zero-order chi connectivity index (χ0) is 15.1. The molecule has 0 radical (unpaired) electrons. The molecule has 0 bridgehead atoms. The van der Waals surface area contributed by atoms with Crippen molar-refractivity contribution in [1.29, 1.82) is 0 Å². The monoisotopic (exact) mass is 291 g/mol. The smallest absolute Gasteiger partial charge is 0.268 e. The molecule has 2 amide bonds. The number of rotatable bonds is 5. The second-order valence-corrected chi connectivity index (χ2v) is 5.01. The van der Waals surface area contributed by atoms with Crippen molar-refractivity contribution < 1.29 is 14.3 Å². The summed E-state index contributed by atoms with van der Waals surface area (Å²) in [5.41, 5.74) is 2.48. The number of hydrogen-bond donors (Lipinski definition) is 2.